The van der Waals surface area contributed by atoms with Crippen molar-refractivity contribution in [3.63, 3.8) is 0 Å². The second-order valence-corrected chi connectivity index (χ2v) is 6.80. The highest BCUT2D eigenvalue weighted by Gasteiger charge is 2.19. The molecule has 0 bridgehead atoms. The van der Waals surface area contributed by atoms with E-state index in [4.69, 9.17) is 0 Å². The van der Waals surface area contributed by atoms with E-state index in [1.165, 1.54) is 45.1 Å². The molecule has 0 radical (unpaired) electrons. The van der Waals surface area contributed by atoms with Crippen LogP contribution in [0.2, 0.25) is 0 Å². The van der Waals surface area contributed by atoms with Gasteiger partial charge in [0.2, 0.25) is 0 Å². The molecule has 0 aliphatic carbocycles. The Bertz CT molecular complexity index is 178. The van der Waals surface area contributed by atoms with Crippen molar-refractivity contribution in [1.82, 2.24) is 5.32 Å². The normalized spacial score (nSPS) is 13.5. The average molecular weight is 369 g/mol. The van der Waals surface area contributed by atoms with E-state index >= 15 is 0 Å². The molecule has 0 fully saturated rings. The van der Waals surface area contributed by atoms with E-state index in [0.29, 0.717) is 5.54 Å². The molecule has 0 aromatic rings. The topological polar surface area (TPSA) is 12.0 Å². The van der Waals surface area contributed by atoms with E-state index in [1.807, 2.05) is 0 Å². The third kappa shape index (κ3) is 13.1. The van der Waals surface area contributed by atoms with Crippen LogP contribution in [0.1, 0.15) is 80.1 Å². The minimum atomic E-state index is 0. The molecule has 112 valence electrons. The summed E-state index contributed by atoms with van der Waals surface area (Å²) in [5, 5.41) is 3.69. The van der Waals surface area contributed by atoms with Gasteiger partial charge in [0.15, 0.2) is 0 Å². The maximum atomic E-state index is 3.69. The smallest absolute Gasteiger partial charge is 0.0127 e. The van der Waals surface area contributed by atoms with E-state index in [0.717, 1.165) is 11.8 Å². The molecule has 2 heteroatoms. The summed E-state index contributed by atoms with van der Waals surface area (Å²) in [6.45, 7) is 15.2. The Morgan fingerprint density at radius 1 is 1.00 bits per heavy atom. The predicted molar refractivity (Wildman–Crippen MR) is 94.9 cm³/mol. The van der Waals surface area contributed by atoms with Crippen LogP contribution in [0.15, 0.2) is 0 Å². The van der Waals surface area contributed by atoms with Crippen molar-refractivity contribution in [2.24, 2.45) is 11.8 Å². The van der Waals surface area contributed by atoms with Crippen molar-refractivity contribution >= 4 is 24.0 Å². The van der Waals surface area contributed by atoms with Crippen LogP contribution >= 0.6 is 24.0 Å². The first-order valence-electron chi connectivity index (χ1n) is 7.62. The van der Waals surface area contributed by atoms with Gasteiger partial charge in [-0.3, -0.25) is 0 Å². The number of nitrogens with one attached hydrogen (secondary N) is 1. The van der Waals surface area contributed by atoms with Gasteiger partial charge in [-0.05, 0) is 45.1 Å². The van der Waals surface area contributed by atoms with E-state index in [1.54, 1.807) is 0 Å². The molecular formula is C16H36IN. The Hall–Kier alpha value is 0.690. The highest BCUT2D eigenvalue weighted by atomic mass is 127. The van der Waals surface area contributed by atoms with Crippen LogP contribution < -0.4 is 5.32 Å². The fourth-order valence-electron chi connectivity index (χ4n) is 2.52. The summed E-state index contributed by atoms with van der Waals surface area (Å²) < 4.78 is 0. The second-order valence-electron chi connectivity index (χ2n) is 6.80. The van der Waals surface area contributed by atoms with Gasteiger partial charge in [-0.1, -0.05) is 53.4 Å². The molecule has 0 aromatic heterocycles. The maximum Gasteiger partial charge on any atom is 0.0127 e. The lowest BCUT2D eigenvalue weighted by Gasteiger charge is -2.29. The largest absolute Gasteiger partial charge is 0.312 e. The van der Waals surface area contributed by atoms with Crippen molar-refractivity contribution in [3.8, 4) is 0 Å². The molecule has 0 heterocycles. The standard InChI is InChI=1S/C16H35N.HI/c1-7-8-12-17-16(5,6)13-15(4)11-9-10-14(2)3;/h14-15,17H,7-13H2,1-6H3;1H. The van der Waals surface area contributed by atoms with Gasteiger partial charge >= 0.3 is 0 Å². The SMILES string of the molecule is CCCCNC(C)(C)CC(C)CCCC(C)C.I. The lowest BCUT2D eigenvalue weighted by molar-refractivity contribution is 0.291. The zero-order valence-corrected chi connectivity index (χ0v) is 15.8. The van der Waals surface area contributed by atoms with Gasteiger partial charge in [-0.15, -0.1) is 24.0 Å². The summed E-state index contributed by atoms with van der Waals surface area (Å²) in [5.41, 5.74) is 0.312. The molecule has 0 aliphatic rings. The monoisotopic (exact) mass is 369 g/mol. The molecule has 0 saturated heterocycles. The predicted octanol–water partition coefficient (Wildman–Crippen LogP) is 5.63. The average Bonchev–Trinajstić information content (AvgIpc) is 2.16. The van der Waals surface area contributed by atoms with Crippen LogP contribution in [0.25, 0.3) is 0 Å². The van der Waals surface area contributed by atoms with Crippen LogP contribution in [-0.2, 0) is 0 Å². The van der Waals surface area contributed by atoms with E-state index in [9.17, 15) is 0 Å². The second kappa shape index (κ2) is 11.5. The summed E-state index contributed by atoms with van der Waals surface area (Å²) in [7, 11) is 0. The fraction of sp³-hybridized carbons (Fsp3) is 1.00. The zero-order valence-electron chi connectivity index (χ0n) is 13.5. The minimum absolute atomic E-state index is 0. The van der Waals surface area contributed by atoms with Gasteiger partial charge in [-0.2, -0.15) is 0 Å². The van der Waals surface area contributed by atoms with Gasteiger partial charge in [0.1, 0.15) is 0 Å². The van der Waals surface area contributed by atoms with E-state index in [-0.39, 0.29) is 24.0 Å². The molecular weight excluding hydrogens is 333 g/mol. The Balaban J connectivity index is 0. The minimum Gasteiger partial charge on any atom is -0.312 e. The first-order valence-corrected chi connectivity index (χ1v) is 7.62. The van der Waals surface area contributed by atoms with Crippen LogP contribution in [0, 0.1) is 11.8 Å². The van der Waals surface area contributed by atoms with Crippen LogP contribution in [0.4, 0.5) is 0 Å². The van der Waals surface area contributed by atoms with E-state index in [2.05, 4.69) is 46.9 Å². The number of rotatable bonds is 10. The Kier molecular flexibility index (Phi) is 13.4. The molecule has 1 nitrogen and oxygen atoms in total. The van der Waals surface area contributed by atoms with Crippen LogP contribution in [0.5, 0.6) is 0 Å². The lowest BCUT2D eigenvalue weighted by atomic mass is 9.87. The molecule has 0 saturated carbocycles. The molecule has 0 aliphatic heterocycles. The molecule has 1 unspecified atom stereocenters. The molecule has 0 spiro atoms. The van der Waals surface area contributed by atoms with Gasteiger partial charge in [-0.25, -0.2) is 0 Å². The third-order valence-corrected chi connectivity index (χ3v) is 3.47. The summed E-state index contributed by atoms with van der Waals surface area (Å²) in [5.74, 6) is 1.70. The van der Waals surface area contributed by atoms with Gasteiger partial charge in [0.05, 0.1) is 0 Å². The quantitative estimate of drug-likeness (QED) is 0.389. The molecule has 0 rings (SSSR count). The highest BCUT2D eigenvalue weighted by Crippen LogP contribution is 2.21. The molecule has 18 heavy (non-hydrogen) atoms. The first-order chi connectivity index (χ1) is 7.87. The van der Waals surface area contributed by atoms with Gasteiger partial charge in [0, 0.05) is 5.54 Å². The number of hydrogen-bond acceptors (Lipinski definition) is 1. The molecule has 1 N–H and O–H groups in total. The van der Waals surface area contributed by atoms with Crippen LogP contribution in [-0.4, -0.2) is 12.1 Å². The van der Waals surface area contributed by atoms with Gasteiger partial charge < -0.3 is 5.32 Å². The maximum absolute atomic E-state index is 3.69. The van der Waals surface area contributed by atoms with Crippen molar-refractivity contribution in [2.75, 3.05) is 6.54 Å². The third-order valence-electron chi connectivity index (χ3n) is 3.47. The summed E-state index contributed by atoms with van der Waals surface area (Å²) in [6, 6.07) is 0. The van der Waals surface area contributed by atoms with Crippen molar-refractivity contribution in [3.05, 3.63) is 0 Å². The summed E-state index contributed by atoms with van der Waals surface area (Å²) in [4.78, 5) is 0. The summed E-state index contributed by atoms with van der Waals surface area (Å²) in [6.07, 6.45) is 8.04. The zero-order chi connectivity index (χ0) is 13.3. The fourth-order valence-corrected chi connectivity index (χ4v) is 2.52. The van der Waals surface area contributed by atoms with Crippen molar-refractivity contribution < 1.29 is 0 Å². The number of hydrogen-bond donors (Lipinski definition) is 1. The number of halogens is 1. The Morgan fingerprint density at radius 3 is 2.11 bits per heavy atom. The summed E-state index contributed by atoms with van der Waals surface area (Å²) >= 11 is 0. The first kappa shape index (κ1) is 21.0. The van der Waals surface area contributed by atoms with E-state index < -0.39 is 0 Å². The Labute approximate surface area is 133 Å². The van der Waals surface area contributed by atoms with Crippen molar-refractivity contribution in [1.29, 1.82) is 0 Å². The van der Waals surface area contributed by atoms with Crippen molar-refractivity contribution in [2.45, 2.75) is 85.6 Å². The van der Waals surface area contributed by atoms with Gasteiger partial charge in [0.25, 0.3) is 0 Å². The molecule has 1 atom stereocenters. The van der Waals surface area contributed by atoms with Crippen LogP contribution in [0.3, 0.4) is 0 Å². The molecule has 0 amide bonds. The lowest BCUT2D eigenvalue weighted by Crippen LogP contribution is -2.41. The molecule has 0 aromatic carbocycles. The highest BCUT2D eigenvalue weighted by molar-refractivity contribution is 14.0. The Morgan fingerprint density at radius 2 is 1.61 bits per heavy atom. The number of unbranched alkanes of at least 4 members (excludes halogenated alkanes) is 1.